The van der Waals surface area contributed by atoms with E-state index in [9.17, 15) is 14.9 Å². The van der Waals surface area contributed by atoms with Crippen LogP contribution in [0.4, 0.5) is 11.5 Å². The maximum Gasteiger partial charge on any atom is 0.269 e. The van der Waals surface area contributed by atoms with Crippen LogP contribution in [0.15, 0.2) is 60.8 Å². The van der Waals surface area contributed by atoms with E-state index in [1.807, 2.05) is 0 Å². The number of benzene rings is 2. The number of anilines is 1. The van der Waals surface area contributed by atoms with Crippen LogP contribution in [0.25, 0.3) is 0 Å². The second-order valence-corrected chi connectivity index (χ2v) is 6.42. The maximum atomic E-state index is 13.3. The Morgan fingerprint density at radius 1 is 1.00 bits per heavy atom. The van der Waals surface area contributed by atoms with Gasteiger partial charge in [-0.2, -0.15) is 0 Å². The van der Waals surface area contributed by atoms with Gasteiger partial charge in [0.2, 0.25) is 5.75 Å². The van der Waals surface area contributed by atoms with E-state index in [1.54, 1.807) is 36.5 Å². The zero-order valence-electron chi connectivity index (χ0n) is 17.3. The van der Waals surface area contributed by atoms with E-state index >= 15 is 0 Å². The Kier molecular flexibility index (Phi) is 6.66. The summed E-state index contributed by atoms with van der Waals surface area (Å²) in [5.41, 5.74) is 0.921. The number of ether oxygens (including phenoxy) is 3. The first-order valence-electron chi connectivity index (χ1n) is 9.24. The van der Waals surface area contributed by atoms with E-state index in [0.717, 1.165) is 5.56 Å². The Balaban J connectivity index is 2.01. The molecule has 0 fully saturated rings. The highest BCUT2D eigenvalue weighted by atomic mass is 16.6. The fourth-order valence-electron chi connectivity index (χ4n) is 3.06. The van der Waals surface area contributed by atoms with Crippen molar-refractivity contribution in [3.05, 3.63) is 82.0 Å². The zero-order valence-corrected chi connectivity index (χ0v) is 17.3. The highest BCUT2D eigenvalue weighted by Crippen LogP contribution is 2.38. The van der Waals surface area contributed by atoms with Crippen molar-refractivity contribution in [1.29, 1.82) is 0 Å². The quantitative estimate of drug-likeness (QED) is 0.400. The Labute approximate surface area is 179 Å². The summed E-state index contributed by atoms with van der Waals surface area (Å²) in [4.78, 5) is 29.5. The smallest absolute Gasteiger partial charge is 0.269 e. The molecule has 1 amide bonds. The Bertz CT molecular complexity index is 1050. The van der Waals surface area contributed by atoms with Crippen LogP contribution in [-0.4, -0.2) is 37.1 Å². The van der Waals surface area contributed by atoms with Crippen molar-refractivity contribution in [2.75, 3.05) is 26.2 Å². The Hall–Kier alpha value is -4.14. The monoisotopic (exact) mass is 423 g/mol. The zero-order chi connectivity index (χ0) is 22.4. The van der Waals surface area contributed by atoms with Gasteiger partial charge in [-0.05, 0) is 42.0 Å². The molecule has 3 aromatic rings. The number of rotatable bonds is 8. The number of hydrogen-bond donors (Lipinski definition) is 0. The summed E-state index contributed by atoms with van der Waals surface area (Å²) in [7, 11) is 4.54. The van der Waals surface area contributed by atoms with E-state index in [4.69, 9.17) is 14.2 Å². The van der Waals surface area contributed by atoms with Gasteiger partial charge in [0.05, 0.1) is 32.8 Å². The molecular formula is C22H21N3O6. The number of nitrogens with zero attached hydrogens (tertiary/aromatic N) is 3. The van der Waals surface area contributed by atoms with E-state index in [0.29, 0.717) is 28.6 Å². The summed E-state index contributed by atoms with van der Waals surface area (Å²) >= 11 is 0. The lowest BCUT2D eigenvalue weighted by atomic mass is 10.1. The summed E-state index contributed by atoms with van der Waals surface area (Å²) < 4.78 is 16.2. The molecule has 1 heterocycles. The van der Waals surface area contributed by atoms with Crippen LogP contribution < -0.4 is 19.1 Å². The molecule has 0 aliphatic rings. The van der Waals surface area contributed by atoms with Gasteiger partial charge in [0.15, 0.2) is 11.5 Å². The topological polar surface area (TPSA) is 104 Å². The number of hydrogen-bond acceptors (Lipinski definition) is 7. The first-order chi connectivity index (χ1) is 15.0. The van der Waals surface area contributed by atoms with Gasteiger partial charge in [-0.25, -0.2) is 4.98 Å². The molecule has 31 heavy (non-hydrogen) atoms. The number of aromatic nitrogens is 1. The van der Waals surface area contributed by atoms with E-state index in [2.05, 4.69) is 4.98 Å². The lowest BCUT2D eigenvalue weighted by molar-refractivity contribution is -0.384. The molecule has 1 aromatic heterocycles. The molecule has 0 saturated heterocycles. The van der Waals surface area contributed by atoms with Crippen LogP contribution >= 0.6 is 0 Å². The average Bonchev–Trinajstić information content (AvgIpc) is 2.81. The third-order valence-corrected chi connectivity index (χ3v) is 4.56. The van der Waals surface area contributed by atoms with Crippen LogP contribution in [0.3, 0.4) is 0 Å². The van der Waals surface area contributed by atoms with Gasteiger partial charge in [-0.3, -0.25) is 19.8 Å². The molecule has 0 atom stereocenters. The minimum absolute atomic E-state index is 0.0921. The molecule has 0 bridgehead atoms. The second kappa shape index (κ2) is 9.57. The normalized spacial score (nSPS) is 10.3. The van der Waals surface area contributed by atoms with Crippen LogP contribution in [0.2, 0.25) is 0 Å². The van der Waals surface area contributed by atoms with Gasteiger partial charge < -0.3 is 14.2 Å². The van der Waals surface area contributed by atoms with E-state index in [-0.39, 0.29) is 18.1 Å². The number of methoxy groups -OCH3 is 3. The first-order valence-corrected chi connectivity index (χ1v) is 9.24. The molecular weight excluding hydrogens is 402 g/mol. The number of nitro groups is 1. The number of non-ortho nitro benzene ring substituents is 1. The Morgan fingerprint density at radius 3 is 2.13 bits per heavy atom. The summed E-state index contributed by atoms with van der Waals surface area (Å²) in [5.74, 6) is 1.43. The minimum Gasteiger partial charge on any atom is -0.493 e. The molecule has 2 aromatic carbocycles. The summed E-state index contributed by atoms with van der Waals surface area (Å²) in [6.07, 6.45) is 1.58. The molecule has 3 rings (SSSR count). The average molecular weight is 423 g/mol. The van der Waals surface area contributed by atoms with E-state index < -0.39 is 4.92 Å². The van der Waals surface area contributed by atoms with Crippen molar-refractivity contribution in [2.24, 2.45) is 0 Å². The molecule has 0 aliphatic heterocycles. The van der Waals surface area contributed by atoms with Crippen molar-refractivity contribution >= 4 is 17.4 Å². The third kappa shape index (κ3) is 4.72. The van der Waals surface area contributed by atoms with Crippen LogP contribution in [0.1, 0.15) is 15.9 Å². The summed E-state index contributed by atoms with van der Waals surface area (Å²) in [5, 5.41) is 10.9. The lowest BCUT2D eigenvalue weighted by Crippen LogP contribution is -2.31. The van der Waals surface area contributed by atoms with Crippen LogP contribution in [-0.2, 0) is 6.54 Å². The number of nitro benzene ring substituents is 1. The summed E-state index contributed by atoms with van der Waals surface area (Å²) in [6, 6.07) is 14.2. The van der Waals surface area contributed by atoms with Crippen LogP contribution in [0.5, 0.6) is 17.2 Å². The first kappa shape index (κ1) is 21.6. The van der Waals surface area contributed by atoms with Crippen molar-refractivity contribution < 1.29 is 23.9 Å². The standard InChI is InChI=1S/C22H21N3O6/c1-29-18-12-15(13-19(30-2)21(18)31-3)14-24(20-6-4-5-11-23-20)22(26)16-7-9-17(10-8-16)25(27)28/h4-13H,14H2,1-3H3. The molecule has 160 valence electrons. The predicted molar refractivity (Wildman–Crippen MR) is 114 cm³/mol. The molecule has 9 nitrogen and oxygen atoms in total. The fraction of sp³-hybridized carbons (Fsp3) is 0.182. The molecule has 0 aliphatic carbocycles. The lowest BCUT2D eigenvalue weighted by Gasteiger charge is -2.23. The van der Waals surface area contributed by atoms with Crippen molar-refractivity contribution in [3.63, 3.8) is 0 Å². The Morgan fingerprint density at radius 2 is 1.65 bits per heavy atom. The molecule has 0 spiro atoms. The highest BCUT2D eigenvalue weighted by Gasteiger charge is 2.22. The molecule has 0 saturated carbocycles. The van der Waals surface area contributed by atoms with Crippen molar-refractivity contribution in [2.45, 2.75) is 6.54 Å². The number of amides is 1. The van der Waals surface area contributed by atoms with Gasteiger partial charge >= 0.3 is 0 Å². The van der Waals surface area contributed by atoms with Gasteiger partial charge in [-0.1, -0.05) is 6.07 Å². The number of carbonyl (C=O) groups is 1. The van der Waals surface area contributed by atoms with Gasteiger partial charge in [-0.15, -0.1) is 0 Å². The molecule has 0 N–H and O–H groups in total. The van der Waals surface area contributed by atoms with Crippen molar-refractivity contribution in [3.8, 4) is 17.2 Å². The highest BCUT2D eigenvalue weighted by molar-refractivity contribution is 6.05. The van der Waals surface area contributed by atoms with E-state index in [1.165, 1.54) is 50.5 Å². The van der Waals surface area contributed by atoms with Crippen LogP contribution in [0, 0.1) is 10.1 Å². The molecule has 9 heteroatoms. The fourth-order valence-corrected chi connectivity index (χ4v) is 3.06. The maximum absolute atomic E-state index is 13.3. The molecule has 0 radical (unpaired) electrons. The summed E-state index contributed by atoms with van der Waals surface area (Å²) in [6.45, 7) is 0.156. The number of pyridine rings is 1. The molecule has 0 unspecified atom stereocenters. The largest absolute Gasteiger partial charge is 0.493 e. The van der Waals surface area contributed by atoms with Gasteiger partial charge in [0.25, 0.3) is 11.6 Å². The predicted octanol–water partition coefficient (Wildman–Crippen LogP) is 3.86. The van der Waals surface area contributed by atoms with Gasteiger partial charge in [0, 0.05) is 23.9 Å². The minimum atomic E-state index is -0.513. The second-order valence-electron chi connectivity index (χ2n) is 6.42. The number of carbonyl (C=O) groups excluding carboxylic acids is 1. The third-order valence-electron chi connectivity index (χ3n) is 4.56. The van der Waals surface area contributed by atoms with Crippen molar-refractivity contribution in [1.82, 2.24) is 4.98 Å². The van der Waals surface area contributed by atoms with Gasteiger partial charge in [0.1, 0.15) is 5.82 Å². The SMILES string of the molecule is COc1cc(CN(C(=O)c2ccc([N+](=O)[O-])cc2)c2ccccn2)cc(OC)c1OC.